The first-order valence-corrected chi connectivity index (χ1v) is 6.10. The van der Waals surface area contributed by atoms with E-state index in [0.29, 0.717) is 17.8 Å². The molecule has 0 atom stereocenters. The summed E-state index contributed by atoms with van der Waals surface area (Å²) in [5, 5.41) is 22.2. The molecule has 0 radical (unpaired) electrons. The van der Waals surface area contributed by atoms with Crippen LogP contribution >= 0.6 is 0 Å². The molecule has 0 fully saturated rings. The maximum Gasteiger partial charge on any atom is 0.339 e. The van der Waals surface area contributed by atoms with Gasteiger partial charge in [-0.15, -0.1) is 0 Å². The number of benzene rings is 1. The van der Waals surface area contributed by atoms with Crippen LogP contribution in [0.15, 0.2) is 24.4 Å². The van der Waals surface area contributed by atoms with Gasteiger partial charge in [0.15, 0.2) is 0 Å². The Bertz CT molecular complexity index is 688. The minimum atomic E-state index is -1.04. The van der Waals surface area contributed by atoms with Crippen molar-refractivity contribution in [2.75, 3.05) is 0 Å². The molecule has 104 valence electrons. The summed E-state index contributed by atoms with van der Waals surface area (Å²) in [6, 6.07) is 4.68. The highest BCUT2D eigenvalue weighted by Crippen LogP contribution is 2.20. The predicted molar refractivity (Wildman–Crippen MR) is 71.6 cm³/mol. The number of carboxylic acid groups (broad SMARTS) is 2. The lowest BCUT2D eigenvalue weighted by atomic mass is 10.1. The number of carboxylic acids is 2. The lowest BCUT2D eigenvalue weighted by Crippen LogP contribution is -2.08. The Morgan fingerprint density at radius 3 is 2.50 bits per heavy atom. The molecular weight excluding hydrogens is 260 g/mol. The van der Waals surface area contributed by atoms with Crippen LogP contribution in [0.25, 0.3) is 5.69 Å². The van der Waals surface area contributed by atoms with Crippen LogP contribution in [0, 0.1) is 6.92 Å². The first-order chi connectivity index (χ1) is 9.45. The lowest BCUT2D eigenvalue weighted by Gasteiger charge is -2.10. The largest absolute Gasteiger partial charge is 0.478 e. The van der Waals surface area contributed by atoms with Crippen LogP contribution in [0.1, 0.15) is 38.9 Å². The molecule has 6 nitrogen and oxygen atoms in total. The van der Waals surface area contributed by atoms with Gasteiger partial charge in [0.1, 0.15) is 5.56 Å². The lowest BCUT2D eigenvalue weighted by molar-refractivity contribution is 0.0685. The summed E-state index contributed by atoms with van der Waals surface area (Å²) in [4.78, 5) is 22.2. The molecule has 20 heavy (non-hydrogen) atoms. The van der Waals surface area contributed by atoms with Gasteiger partial charge in [-0.1, -0.05) is 13.0 Å². The molecule has 0 bridgehead atoms. The van der Waals surface area contributed by atoms with Gasteiger partial charge >= 0.3 is 11.9 Å². The molecular formula is C14H14N2O4. The number of nitrogens with zero attached hydrogens (tertiary/aromatic N) is 2. The fraction of sp³-hybridized carbons (Fsp3) is 0.214. The number of aromatic carboxylic acids is 2. The molecule has 6 heteroatoms. The quantitative estimate of drug-likeness (QED) is 0.891. The van der Waals surface area contributed by atoms with Crippen LogP contribution < -0.4 is 0 Å². The summed E-state index contributed by atoms with van der Waals surface area (Å²) < 4.78 is 1.49. The molecule has 2 aromatic rings. The van der Waals surface area contributed by atoms with Gasteiger partial charge in [-0.25, -0.2) is 14.3 Å². The molecule has 2 rings (SSSR count). The third-order valence-electron chi connectivity index (χ3n) is 3.12. The number of aryl methyl sites for hydroxylation is 1. The number of carbonyl (C=O) groups is 2. The van der Waals surface area contributed by atoms with E-state index in [4.69, 9.17) is 10.2 Å². The van der Waals surface area contributed by atoms with E-state index in [1.54, 1.807) is 6.07 Å². The zero-order valence-electron chi connectivity index (χ0n) is 11.1. The molecule has 2 N–H and O–H groups in total. The summed E-state index contributed by atoms with van der Waals surface area (Å²) >= 11 is 0. The third kappa shape index (κ3) is 2.27. The fourth-order valence-corrected chi connectivity index (χ4v) is 2.07. The van der Waals surface area contributed by atoms with E-state index in [2.05, 4.69) is 5.10 Å². The average Bonchev–Trinajstić information content (AvgIpc) is 2.82. The molecule has 0 spiro atoms. The third-order valence-corrected chi connectivity index (χ3v) is 3.12. The molecule has 1 heterocycles. The Hall–Kier alpha value is -2.63. The number of aromatic nitrogens is 2. The summed E-state index contributed by atoms with van der Waals surface area (Å²) in [5.74, 6) is -2.07. The Morgan fingerprint density at radius 1 is 1.25 bits per heavy atom. The summed E-state index contributed by atoms with van der Waals surface area (Å²) in [7, 11) is 0. The van der Waals surface area contributed by atoms with Crippen molar-refractivity contribution in [1.29, 1.82) is 0 Å². The minimum Gasteiger partial charge on any atom is -0.478 e. The molecule has 0 aliphatic heterocycles. The van der Waals surface area contributed by atoms with E-state index < -0.39 is 11.9 Å². The van der Waals surface area contributed by atoms with Gasteiger partial charge < -0.3 is 10.2 Å². The molecule has 0 saturated carbocycles. The molecule has 0 aliphatic rings. The second kappa shape index (κ2) is 5.16. The van der Waals surface area contributed by atoms with Crippen LogP contribution in [0.3, 0.4) is 0 Å². The van der Waals surface area contributed by atoms with E-state index in [1.807, 2.05) is 13.8 Å². The Balaban J connectivity index is 2.65. The van der Waals surface area contributed by atoms with Crippen molar-refractivity contribution >= 4 is 11.9 Å². The van der Waals surface area contributed by atoms with Gasteiger partial charge in [-0.05, 0) is 31.0 Å². The van der Waals surface area contributed by atoms with E-state index in [0.717, 1.165) is 5.56 Å². The molecule has 1 aromatic heterocycles. The second-order valence-corrected chi connectivity index (χ2v) is 4.38. The van der Waals surface area contributed by atoms with Crippen molar-refractivity contribution in [3.8, 4) is 5.69 Å². The Labute approximate surface area is 115 Å². The Morgan fingerprint density at radius 2 is 1.95 bits per heavy atom. The molecule has 0 unspecified atom stereocenters. The van der Waals surface area contributed by atoms with Crippen molar-refractivity contribution in [1.82, 2.24) is 9.78 Å². The van der Waals surface area contributed by atoms with Crippen LogP contribution in [0.4, 0.5) is 0 Å². The standard InChI is InChI=1S/C14H14N2O4/c1-3-11-10(14(19)20)7-15-16(11)12-6-9(13(17)18)5-4-8(12)2/h4-7H,3H2,1-2H3,(H,17,18)(H,19,20). The van der Waals surface area contributed by atoms with Crippen LogP contribution in [0.2, 0.25) is 0 Å². The van der Waals surface area contributed by atoms with E-state index in [9.17, 15) is 9.59 Å². The van der Waals surface area contributed by atoms with Gasteiger partial charge in [-0.2, -0.15) is 5.10 Å². The summed E-state index contributed by atoms with van der Waals surface area (Å²) in [5.41, 5.74) is 2.22. The number of hydrogen-bond acceptors (Lipinski definition) is 3. The predicted octanol–water partition coefficient (Wildman–Crippen LogP) is 2.14. The molecule has 1 aromatic carbocycles. The topological polar surface area (TPSA) is 92.4 Å². The summed E-state index contributed by atoms with van der Waals surface area (Å²) in [6.45, 7) is 3.65. The van der Waals surface area contributed by atoms with Gasteiger partial charge in [0, 0.05) is 0 Å². The van der Waals surface area contributed by atoms with E-state index in [-0.39, 0.29) is 11.1 Å². The van der Waals surface area contributed by atoms with Crippen LogP contribution in [-0.4, -0.2) is 31.9 Å². The van der Waals surface area contributed by atoms with Gasteiger partial charge in [0.25, 0.3) is 0 Å². The zero-order chi connectivity index (χ0) is 14.9. The van der Waals surface area contributed by atoms with Gasteiger partial charge in [-0.3, -0.25) is 0 Å². The van der Waals surface area contributed by atoms with E-state index >= 15 is 0 Å². The van der Waals surface area contributed by atoms with E-state index in [1.165, 1.54) is 23.0 Å². The number of rotatable bonds is 4. The normalized spacial score (nSPS) is 10.5. The van der Waals surface area contributed by atoms with Gasteiger partial charge in [0.2, 0.25) is 0 Å². The molecule has 0 amide bonds. The molecule has 0 aliphatic carbocycles. The summed E-state index contributed by atoms with van der Waals surface area (Å²) in [6.07, 6.45) is 1.77. The van der Waals surface area contributed by atoms with Crippen LogP contribution in [-0.2, 0) is 6.42 Å². The monoisotopic (exact) mass is 274 g/mol. The SMILES string of the molecule is CCc1c(C(=O)O)cnn1-c1cc(C(=O)O)ccc1C. The van der Waals surface area contributed by atoms with Crippen LogP contribution in [0.5, 0.6) is 0 Å². The van der Waals surface area contributed by atoms with Crippen molar-refractivity contribution in [3.63, 3.8) is 0 Å². The maximum atomic E-state index is 11.1. The van der Waals surface area contributed by atoms with Crippen molar-refractivity contribution in [3.05, 3.63) is 46.8 Å². The van der Waals surface area contributed by atoms with Crippen molar-refractivity contribution in [2.45, 2.75) is 20.3 Å². The van der Waals surface area contributed by atoms with Gasteiger partial charge in [0.05, 0.1) is 23.1 Å². The zero-order valence-corrected chi connectivity index (χ0v) is 11.1. The fourth-order valence-electron chi connectivity index (χ4n) is 2.07. The average molecular weight is 274 g/mol. The second-order valence-electron chi connectivity index (χ2n) is 4.38. The maximum absolute atomic E-state index is 11.1. The highest BCUT2D eigenvalue weighted by Gasteiger charge is 2.18. The first kappa shape index (κ1) is 13.8. The highest BCUT2D eigenvalue weighted by molar-refractivity contribution is 5.90. The van der Waals surface area contributed by atoms with Crippen molar-refractivity contribution < 1.29 is 19.8 Å². The first-order valence-electron chi connectivity index (χ1n) is 6.10. The minimum absolute atomic E-state index is 0.132. The number of hydrogen-bond donors (Lipinski definition) is 2. The Kier molecular flexibility index (Phi) is 3.56. The smallest absolute Gasteiger partial charge is 0.339 e. The van der Waals surface area contributed by atoms with Crippen molar-refractivity contribution in [2.24, 2.45) is 0 Å². The molecule has 0 saturated heterocycles. The highest BCUT2D eigenvalue weighted by atomic mass is 16.4.